The average Bonchev–Trinajstić information content (AvgIpc) is 3.41. The fourth-order valence-electron chi connectivity index (χ4n) is 5.06. The molecule has 5 rings (SSSR count). The van der Waals surface area contributed by atoms with E-state index in [4.69, 9.17) is 4.74 Å². The molecule has 11 nitrogen and oxygen atoms in total. The minimum atomic E-state index is -3.83. The van der Waals surface area contributed by atoms with Gasteiger partial charge in [-0.1, -0.05) is 17.7 Å². The van der Waals surface area contributed by atoms with E-state index in [-0.39, 0.29) is 28.5 Å². The summed E-state index contributed by atoms with van der Waals surface area (Å²) in [5, 5.41) is 6.67. The van der Waals surface area contributed by atoms with Crippen molar-refractivity contribution in [2.45, 2.75) is 75.6 Å². The van der Waals surface area contributed by atoms with Gasteiger partial charge in [-0.25, -0.2) is 27.2 Å². The minimum Gasteiger partial charge on any atom is -0.444 e. The second kappa shape index (κ2) is 9.57. The summed E-state index contributed by atoms with van der Waals surface area (Å²) in [7, 11) is -3.83. The number of rotatable bonds is 5. The van der Waals surface area contributed by atoms with Gasteiger partial charge in [0.05, 0.1) is 10.3 Å². The van der Waals surface area contributed by atoms with Crippen LogP contribution in [0, 0.1) is 6.92 Å². The van der Waals surface area contributed by atoms with Crippen molar-refractivity contribution in [3.8, 4) is 0 Å². The molecule has 0 radical (unpaired) electrons. The minimum absolute atomic E-state index is 0.0478. The zero-order valence-electron chi connectivity index (χ0n) is 21.8. The van der Waals surface area contributed by atoms with Crippen molar-refractivity contribution < 1.29 is 22.7 Å². The van der Waals surface area contributed by atoms with E-state index in [1.807, 2.05) is 6.92 Å². The number of carbonyl (C=O) groups is 2. The SMILES string of the molecule is Cc1ccc(S(=O)(=O)n2ccc3c(N[C@@H]4CC[C@@H]5C[C@H](NC(=O)OC(C)(C)C)C(=O)N5C4)ncnc32)cc1. The number of nitrogens with zero attached hydrogens (tertiary/aromatic N) is 4. The van der Waals surface area contributed by atoms with Gasteiger partial charge in [-0.3, -0.25) is 4.79 Å². The molecule has 0 spiro atoms. The summed E-state index contributed by atoms with van der Waals surface area (Å²) >= 11 is 0. The summed E-state index contributed by atoms with van der Waals surface area (Å²) in [5.74, 6) is 0.377. The Morgan fingerprint density at radius 2 is 1.84 bits per heavy atom. The first-order valence-corrected chi connectivity index (χ1v) is 14.1. The van der Waals surface area contributed by atoms with Gasteiger partial charge < -0.3 is 20.3 Å². The Morgan fingerprint density at radius 1 is 1.11 bits per heavy atom. The van der Waals surface area contributed by atoms with Gasteiger partial charge in [0.15, 0.2) is 5.65 Å². The topological polar surface area (TPSA) is 136 Å². The van der Waals surface area contributed by atoms with Crippen molar-refractivity contribution in [1.29, 1.82) is 0 Å². The van der Waals surface area contributed by atoms with Crippen LogP contribution in [-0.4, -0.2) is 69.5 Å². The summed E-state index contributed by atoms with van der Waals surface area (Å²) in [6.07, 6.45) is 4.32. The zero-order chi connectivity index (χ0) is 27.2. The van der Waals surface area contributed by atoms with Gasteiger partial charge in [-0.05, 0) is 65.2 Å². The quantitative estimate of drug-likeness (QED) is 0.504. The highest BCUT2D eigenvalue weighted by atomic mass is 32.2. The molecule has 0 saturated carbocycles. The van der Waals surface area contributed by atoms with E-state index in [9.17, 15) is 18.0 Å². The predicted octanol–water partition coefficient (Wildman–Crippen LogP) is 3.05. The molecule has 3 atom stereocenters. The molecule has 2 saturated heterocycles. The van der Waals surface area contributed by atoms with Gasteiger partial charge in [-0.15, -0.1) is 0 Å². The molecule has 2 fully saturated rings. The van der Waals surface area contributed by atoms with Crippen molar-refractivity contribution in [1.82, 2.24) is 24.2 Å². The smallest absolute Gasteiger partial charge is 0.408 e. The Bertz CT molecular complexity index is 1480. The van der Waals surface area contributed by atoms with Crippen LogP contribution in [-0.2, 0) is 19.6 Å². The maximum Gasteiger partial charge on any atom is 0.408 e. The van der Waals surface area contributed by atoms with E-state index in [0.717, 1.165) is 22.4 Å². The molecule has 1 aromatic carbocycles. The Morgan fingerprint density at radius 3 is 2.55 bits per heavy atom. The van der Waals surface area contributed by atoms with Gasteiger partial charge in [0.1, 0.15) is 23.8 Å². The number of carbonyl (C=O) groups excluding carboxylic acids is 2. The standard InChI is InChI=1S/C26H32N6O5S/c1-16-5-9-19(10-6-16)38(35,36)32-12-11-20-22(27-15-28-23(20)32)29-17-7-8-18-13-21(24(33)31(18)14-17)30-25(34)37-26(2,3)4/h5-6,9-12,15,17-18,21H,7-8,13-14H2,1-4H3,(H,30,34)(H,27,28,29)/t17-,18-,21+/m1/s1. The molecule has 4 heterocycles. The number of nitrogens with one attached hydrogen (secondary N) is 2. The molecule has 2 amide bonds. The molecular weight excluding hydrogens is 508 g/mol. The Labute approximate surface area is 221 Å². The van der Waals surface area contributed by atoms with Crippen LogP contribution in [0.25, 0.3) is 11.0 Å². The highest BCUT2D eigenvalue weighted by Crippen LogP contribution is 2.31. The Hall–Kier alpha value is -3.67. The summed E-state index contributed by atoms with van der Waals surface area (Å²) < 4.78 is 33.0. The van der Waals surface area contributed by atoms with E-state index in [0.29, 0.717) is 24.2 Å². The first kappa shape index (κ1) is 26.0. The van der Waals surface area contributed by atoms with Crippen LogP contribution < -0.4 is 10.6 Å². The number of aryl methyl sites for hydroxylation is 1. The molecule has 0 aliphatic carbocycles. The Balaban J connectivity index is 1.30. The molecule has 0 bridgehead atoms. The van der Waals surface area contributed by atoms with E-state index in [1.54, 1.807) is 56.0 Å². The van der Waals surface area contributed by atoms with Crippen molar-refractivity contribution in [3.05, 3.63) is 48.4 Å². The van der Waals surface area contributed by atoms with Crippen LogP contribution >= 0.6 is 0 Å². The summed E-state index contributed by atoms with van der Waals surface area (Å²) in [5.41, 5.74) is 0.596. The number of ether oxygens (including phenoxy) is 1. The fourth-order valence-corrected chi connectivity index (χ4v) is 6.36. The molecule has 38 heavy (non-hydrogen) atoms. The van der Waals surface area contributed by atoms with Crippen molar-refractivity contribution >= 4 is 38.9 Å². The largest absolute Gasteiger partial charge is 0.444 e. The zero-order valence-corrected chi connectivity index (χ0v) is 22.7. The first-order chi connectivity index (χ1) is 17.9. The summed E-state index contributed by atoms with van der Waals surface area (Å²) in [4.78, 5) is 35.8. The van der Waals surface area contributed by atoms with Gasteiger partial charge in [0.25, 0.3) is 10.0 Å². The number of anilines is 1. The second-order valence-corrected chi connectivity index (χ2v) is 12.7. The highest BCUT2D eigenvalue weighted by Gasteiger charge is 2.44. The maximum atomic E-state index is 13.3. The molecule has 2 N–H and O–H groups in total. The van der Waals surface area contributed by atoms with E-state index in [2.05, 4.69) is 20.6 Å². The Kier molecular flexibility index (Phi) is 6.54. The highest BCUT2D eigenvalue weighted by molar-refractivity contribution is 7.90. The molecule has 2 aromatic heterocycles. The lowest BCUT2D eigenvalue weighted by molar-refractivity contribution is -0.131. The molecule has 12 heteroatoms. The molecule has 2 aliphatic heterocycles. The van der Waals surface area contributed by atoms with E-state index >= 15 is 0 Å². The van der Waals surface area contributed by atoms with Gasteiger partial charge in [-0.2, -0.15) is 0 Å². The van der Waals surface area contributed by atoms with Crippen LogP contribution in [0.4, 0.5) is 10.6 Å². The number of fused-ring (bicyclic) bond motifs is 2. The molecule has 3 aromatic rings. The lowest BCUT2D eigenvalue weighted by atomic mass is 9.98. The van der Waals surface area contributed by atoms with Crippen LogP contribution in [0.2, 0.25) is 0 Å². The van der Waals surface area contributed by atoms with Crippen LogP contribution in [0.3, 0.4) is 0 Å². The number of hydrogen-bond acceptors (Lipinski definition) is 8. The lowest BCUT2D eigenvalue weighted by Crippen LogP contribution is -2.49. The number of alkyl carbamates (subject to hydrolysis) is 1. The number of amides is 2. The first-order valence-electron chi connectivity index (χ1n) is 12.6. The summed E-state index contributed by atoms with van der Waals surface area (Å²) in [6.45, 7) is 7.67. The van der Waals surface area contributed by atoms with Gasteiger partial charge in [0.2, 0.25) is 5.91 Å². The van der Waals surface area contributed by atoms with Gasteiger partial charge >= 0.3 is 6.09 Å². The molecule has 202 valence electrons. The van der Waals surface area contributed by atoms with E-state index in [1.165, 1.54) is 12.5 Å². The van der Waals surface area contributed by atoms with Crippen molar-refractivity contribution in [3.63, 3.8) is 0 Å². The van der Waals surface area contributed by atoms with Crippen LogP contribution in [0.15, 0.2) is 47.8 Å². The van der Waals surface area contributed by atoms with Crippen LogP contribution in [0.1, 0.15) is 45.6 Å². The number of benzene rings is 1. The number of hydrogen-bond donors (Lipinski definition) is 2. The third-order valence-electron chi connectivity index (χ3n) is 6.85. The molecule has 0 unspecified atom stereocenters. The predicted molar refractivity (Wildman–Crippen MR) is 141 cm³/mol. The monoisotopic (exact) mass is 540 g/mol. The normalized spacial score (nSPS) is 21.8. The van der Waals surface area contributed by atoms with E-state index < -0.39 is 27.8 Å². The lowest BCUT2D eigenvalue weighted by Gasteiger charge is -2.35. The molecular formula is C26H32N6O5S. The second-order valence-electron chi connectivity index (χ2n) is 10.9. The fraction of sp³-hybridized carbons (Fsp3) is 0.462. The number of piperidine rings is 1. The average molecular weight is 541 g/mol. The van der Waals surface area contributed by atoms with Crippen molar-refractivity contribution in [2.75, 3.05) is 11.9 Å². The third kappa shape index (κ3) is 5.04. The third-order valence-corrected chi connectivity index (χ3v) is 8.53. The number of aromatic nitrogens is 3. The molecule has 2 aliphatic rings. The van der Waals surface area contributed by atoms with Crippen LogP contribution in [0.5, 0.6) is 0 Å². The van der Waals surface area contributed by atoms with Gasteiger partial charge in [0, 0.05) is 24.8 Å². The van der Waals surface area contributed by atoms with Crippen molar-refractivity contribution in [2.24, 2.45) is 0 Å². The summed E-state index contributed by atoms with van der Waals surface area (Å²) in [6, 6.07) is 7.68. The maximum absolute atomic E-state index is 13.3.